The van der Waals surface area contributed by atoms with Crippen LogP contribution in [0, 0.1) is 6.92 Å². The van der Waals surface area contributed by atoms with Gasteiger partial charge in [-0.25, -0.2) is 9.97 Å². The molecule has 1 heterocycles. The molecule has 0 atom stereocenters. The molecule has 1 aromatic heterocycles. The molecule has 0 radical (unpaired) electrons. The van der Waals surface area contributed by atoms with Crippen molar-refractivity contribution < 1.29 is 4.74 Å². The zero-order valence-electron chi connectivity index (χ0n) is 10.9. The van der Waals surface area contributed by atoms with Crippen molar-refractivity contribution in [1.82, 2.24) is 9.97 Å². The lowest BCUT2D eigenvalue weighted by Gasteiger charge is -2.09. The molecule has 0 aromatic carbocycles. The van der Waals surface area contributed by atoms with Crippen molar-refractivity contribution in [2.75, 3.05) is 36.9 Å². The molecule has 0 aliphatic rings. The fourth-order valence-corrected chi connectivity index (χ4v) is 1.40. The molecule has 0 saturated heterocycles. The minimum Gasteiger partial charge on any atom is -0.380 e. The van der Waals surface area contributed by atoms with Crippen LogP contribution >= 0.6 is 0 Å². The van der Waals surface area contributed by atoms with E-state index in [0.717, 1.165) is 43.6 Å². The Morgan fingerprint density at radius 1 is 1.12 bits per heavy atom. The number of nitrogens with one attached hydrogen (secondary N) is 2. The first-order valence-electron chi connectivity index (χ1n) is 6.17. The summed E-state index contributed by atoms with van der Waals surface area (Å²) >= 11 is 0. The minimum atomic E-state index is 0.692. The lowest BCUT2D eigenvalue weighted by atomic mass is 10.4. The van der Waals surface area contributed by atoms with E-state index in [9.17, 15) is 0 Å². The summed E-state index contributed by atoms with van der Waals surface area (Å²) in [5.74, 6) is 2.49. The van der Waals surface area contributed by atoms with Gasteiger partial charge in [0.2, 0.25) is 0 Å². The highest BCUT2D eigenvalue weighted by Crippen LogP contribution is 2.10. The first kappa shape index (κ1) is 13.7. The smallest absolute Gasteiger partial charge is 0.131 e. The Hall–Kier alpha value is -1.36. The van der Waals surface area contributed by atoms with Gasteiger partial charge in [0.05, 0.1) is 6.61 Å². The van der Waals surface area contributed by atoms with Gasteiger partial charge >= 0.3 is 0 Å². The largest absolute Gasteiger partial charge is 0.380 e. The molecule has 0 fully saturated rings. The highest BCUT2D eigenvalue weighted by Gasteiger charge is 2.00. The molecular formula is C12H22N4O. The third-order valence-corrected chi connectivity index (χ3v) is 2.15. The molecule has 0 spiro atoms. The summed E-state index contributed by atoms with van der Waals surface area (Å²) in [5, 5.41) is 6.48. The van der Waals surface area contributed by atoms with Crippen LogP contribution in [0.2, 0.25) is 0 Å². The van der Waals surface area contributed by atoms with Gasteiger partial charge in [0, 0.05) is 25.8 Å². The van der Waals surface area contributed by atoms with Crippen molar-refractivity contribution in [3.63, 3.8) is 0 Å². The zero-order valence-corrected chi connectivity index (χ0v) is 10.9. The fourth-order valence-electron chi connectivity index (χ4n) is 1.40. The summed E-state index contributed by atoms with van der Waals surface area (Å²) in [5.41, 5.74) is 0. The molecule has 0 aliphatic carbocycles. The maximum Gasteiger partial charge on any atom is 0.131 e. The van der Waals surface area contributed by atoms with E-state index in [-0.39, 0.29) is 0 Å². The summed E-state index contributed by atoms with van der Waals surface area (Å²) in [6.45, 7) is 9.13. The van der Waals surface area contributed by atoms with E-state index in [1.807, 2.05) is 19.9 Å². The van der Waals surface area contributed by atoms with Gasteiger partial charge in [0.1, 0.15) is 17.5 Å². The SMILES string of the molecule is CCCNc1cc(NCCOCC)nc(C)n1. The van der Waals surface area contributed by atoms with Crippen LogP contribution in [0.4, 0.5) is 11.6 Å². The van der Waals surface area contributed by atoms with Crippen LogP contribution in [0.5, 0.6) is 0 Å². The summed E-state index contributed by atoms with van der Waals surface area (Å²) in [6, 6.07) is 1.93. The number of nitrogens with zero attached hydrogens (tertiary/aromatic N) is 2. The van der Waals surface area contributed by atoms with Gasteiger partial charge in [-0.3, -0.25) is 0 Å². The molecule has 0 saturated carbocycles. The lowest BCUT2D eigenvalue weighted by molar-refractivity contribution is 0.158. The number of anilines is 2. The molecule has 17 heavy (non-hydrogen) atoms. The van der Waals surface area contributed by atoms with Crippen molar-refractivity contribution in [2.24, 2.45) is 0 Å². The second kappa shape index (κ2) is 7.84. The first-order valence-corrected chi connectivity index (χ1v) is 6.17. The minimum absolute atomic E-state index is 0.692. The van der Waals surface area contributed by atoms with Gasteiger partial charge in [-0.2, -0.15) is 0 Å². The molecule has 5 heteroatoms. The van der Waals surface area contributed by atoms with Gasteiger partial charge in [0.25, 0.3) is 0 Å². The number of hydrogen-bond acceptors (Lipinski definition) is 5. The second-order valence-corrected chi connectivity index (χ2v) is 3.74. The van der Waals surface area contributed by atoms with Crippen molar-refractivity contribution in [1.29, 1.82) is 0 Å². The highest BCUT2D eigenvalue weighted by atomic mass is 16.5. The standard InChI is InChI=1S/C12H22N4O/c1-4-6-13-11-9-12(16-10(3)15-11)14-7-8-17-5-2/h9H,4-8H2,1-3H3,(H2,13,14,15,16). The molecule has 0 aliphatic heterocycles. The molecular weight excluding hydrogens is 216 g/mol. The summed E-state index contributed by atoms with van der Waals surface area (Å²) in [4.78, 5) is 8.64. The second-order valence-electron chi connectivity index (χ2n) is 3.74. The van der Waals surface area contributed by atoms with Gasteiger partial charge in [-0.05, 0) is 20.3 Å². The van der Waals surface area contributed by atoms with Gasteiger partial charge < -0.3 is 15.4 Å². The van der Waals surface area contributed by atoms with E-state index in [1.165, 1.54) is 0 Å². The number of ether oxygens (including phenoxy) is 1. The molecule has 1 rings (SSSR count). The molecule has 0 unspecified atom stereocenters. The quantitative estimate of drug-likeness (QED) is 0.679. The van der Waals surface area contributed by atoms with Crippen LogP contribution in [-0.4, -0.2) is 36.3 Å². The Kier molecular flexibility index (Phi) is 6.32. The van der Waals surface area contributed by atoms with E-state index in [1.54, 1.807) is 0 Å². The maximum atomic E-state index is 5.26. The maximum absolute atomic E-state index is 5.26. The monoisotopic (exact) mass is 238 g/mol. The lowest BCUT2D eigenvalue weighted by Crippen LogP contribution is -2.12. The van der Waals surface area contributed by atoms with Crippen LogP contribution in [0.3, 0.4) is 0 Å². The van der Waals surface area contributed by atoms with Crippen molar-refractivity contribution in [3.05, 3.63) is 11.9 Å². The van der Waals surface area contributed by atoms with E-state index in [0.29, 0.717) is 6.61 Å². The normalized spacial score (nSPS) is 10.3. The highest BCUT2D eigenvalue weighted by molar-refractivity contribution is 5.47. The predicted octanol–water partition coefficient (Wildman–Crippen LogP) is 2.06. The van der Waals surface area contributed by atoms with Crippen LogP contribution in [0.1, 0.15) is 26.1 Å². The van der Waals surface area contributed by atoms with E-state index >= 15 is 0 Å². The number of hydrogen-bond donors (Lipinski definition) is 2. The molecule has 0 bridgehead atoms. The first-order chi connectivity index (χ1) is 8.26. The topological polar surface area (TPSA) is 59.1 Å². The van der Waals surface area contributed by atoms with Gasteiger partial charge in [-0.1, -0.05) is 6.92 Å². The summed E-state index contributed by atoms with van der Waals surface area (Å²) < 4.78 is 5.26. The van der Waals surface area contributed by atoms with Crippen LogP contribution in [-0.2, 0) is 4.74 Å². The Morgan fingerprint density at radius 2 is 1.76 bits per heavy atom. The van der Waals surface area contributed by atoms with E-state index < -0.39 is 0 Å². The average molecular weight is 238 g/mol. The Morgan fingerprint density at radius 3 is 2.35 bits per heavy atom. The Bertz CT molecular complexity index is 330. The third-order valence-electron chi connectivity index (χ3n) is 2.15. The molecule has 5 nitrogen and oxygen atoms in total. The van der Waals surface area contributed by atoms with Crippen molar-refractivity contribution in [2.45, 2.75) is 27.2 Å². The molecule has 1 aromatic rings. The van der Waals surface area contributed by atoms with Gasteiger partial charge in [-0.15, -0.1) is 0 Å². The average Bonchev–Trinajstić information content (AvgIpc) is 2.31. The van der Waals surface area contributed by atoms with Crippen LogP contribution < -0.4 is 10.6 Å². The Labute approximate surface area is 103 Å². The Balaban J connectivity index is 2.50. The summed E-state index contributed by atoms with van der Waals surface area (Å²) in [7, 11) is 0. The molecule has 96 valence electrons. The summed E-state index contributed by atoms with van der Waals surface area (Å²) in [6.07, 6.45) is 1.08. The number of aryl methyl sites for hydroxylation is 1. The van der Waals surface area contributed by atoms with Crippen molar-refractivity contribution in [3.8, 4) is 0 Å². The van der Waals surface area contributed by atoms with Crippen LogP contribution in [0.25, 0.3) is 0 Å². The predicted molar refractivity (Wildman–Crippen MR) is 70.5 cm³/mol. The molecule has 2 N–H and O–H groups in total. The fraction of sp³-hybridized carbons (Fsp3) is 0.667. The van der Waals surface area contributed by atoms with E-state index in [2.05, 4.69) is 27.5 Å². The zero-order chi connectivity index (χ0) is 12.5. The van der Waals surface area contributed by atoms with Crippen molar-refractivity contribution >= 4 is 11.6 Å². The molecule has 0 amide bonds. The van der Waals surface area contributed by atoms with Gasteiger partial charge in [0.15, 0.2) is 0 Å². The number of rotatable bonds is 8. The third kappa shape index (κ3) is 5.49. The van der Waals surface area contributed by atoms with Crippen LogP contribution in [0.15, 0.2) is 6.07 Å². The number of aromatic nitrogens is 2. The van der Waals surface area contributed by atoms with E-state index in [4.69, 9.17) is 4.74 Å².